The molecule has 0 fully saturated rings. The molecular weight excluding hydrogens is 354 g/mol. The average molecular weight is 381 g/mol. The lowest BCUT2D eigenvalue weighted by Crippen LogP contribution is -2.28. The molecule has 3 aromatic rings. The minimum absolute atomic E-state index is 0.238. The van der Waals surface area contributed by atoms with Crippen LogP contribution in [0.25, 0.3) is 22.0 Å². The number of pyridine rings is 1. The average Bonchev–Trinajstić information content (AvgIpc) is 2.64. The van der Waals surface area contributed by atoms with Gasteiger partial charge in [-0.25, -0.2) is 0 Å². The summed E-state index contributed by atoms with van der Waals surface area (Å²) in [7, 11) is 3.28. The van der Waals surface area contributed by atoms with Crippen LogP contribution in [-0.2, 0) is 0 Å². The van der Waals surface area contributed by atoms with Crippen molar-refractivity contribution >= 4 is 10.8 Å². The van der Waals surface area contributed by atoms with Crippen LogP contribution < -0.4 is 14.2 Å². The summed E-state index contributed by atoms with van der Waals surface area (Å²) in [6.45, 7) is 7.70. The van der Waals surface area contributed by atoms with Crippen LogP contribution in [0.2, 0.25) is 0 Å². The number of aromatic nitrogens is 1. The van der Waals surface area contributed by atoms with Crippen molar-refractivity contribution in [2.75, 3.05) is 20.8 Å². The summed E-state index contributed by atoms with van der Waals surface area (Å²) < 4.78 is 16.7. The molecule has 0 amide bonds. The van der Waals surface area contributed by atoms with Gasteiger partial charge >= 0.3 is 0 Å². The van der Waals surface area contributed by atoms with Crippen molar-refractivity contribution in [3.8, 4) is 28.5 Å². The maximum atomic E-state index is 9.92. The van der Waals surface area contributed by atoms with Crippen molar-refractivity contribution in [1.82, 2.24) is 4.98 Å². The van der Waals surface area contributed by atoms with E-state index in [4.69, 9.17) is 14.2 Å². The zero-order chi connectivity index (χ0) is 20.5. The molecule has 1 heterocycles. The molecule has 2 aromatic carbocycles. The lowest BCUT2D eigenvalue weighted by atomic mass is 10.0. The predicted octanol–water partition coefficient (Wildman–Crippen LogP) is 4.69. The largest absolute Gasteiger partial charge is 0.497 e. The Morgan fingerprint density at radius 2 is 1.64 bits per heavy atom. The van der Waals surface area contributed by atoms with Crippen molar-refractivity contribution in [2.45, 2.75) is 33.3 Å². The molecule has 5 heteroatoms. The molecule has 0 saturated carbocycles. The Labute approximate surface area is 165 Å². The molecule has 0 aliphatic rings. The Kier molecular flexibility index (Phi) is 5.47. The molecule has 28 heavy (non-hydrogen) atoms. The SMILES string of the molecule is COc1cc(OC)c2cnc(-c3cc(C)c(OCC(C)(C)O)c(C)c3)cc2c1. The van der Waals surface area contributed by atoms with E-state index in [0.29, 0.717) is 0 Å². The second-order valence-electron chi connectivity index (χ2n) is 7.66. The highest BCUT2D eigenvalue weighted by molar-refractivity contribution is 5.91. The Morgan fingerprint density at radius 3 is 2.21 bits per heavy atom. The molecule has 0 unspecified atom stereocenters. The minimum Gasteiger partial charge on any atom is -0.497 e. The van der Waals surface area contributed by atoms with E-state index in [1.165, 1.54) is 0 Å². The number of hydrogen-bond acceptors (Lipinski definition) is 5. The van der Waals surface area contributed by atoms with Crippen LogP contribution in [0.5, 0.6) is 17.2 Å². The summed E-state index contributed by atoms with van der Waals surface area (Å²) in [5, 5.41) is 11.9. The van der Waals surface area contributed by atoms with E-state index in [0.717, 1.165) is 50.4 Å². The van der Waals surface area contributed by atoms with Crippen LogP contribution in [0.15, 0.2) is 36.5 Å². The van der Waals surface area contributed by atoms with Crippen LogP contribution >= 0.6 is 0 Å². The number of methoxy groups -OCH3 is 2. The van der Waals surface area contributed by atoms with E-state index in [1.54, 1.807) is 28.1 Å². The summed E-state index contributed by atoms with van der Waals surface area (Å²) in [6, 6.07) is 9.97. The van der Waals surface area contributed by atoms with Crippen LogP contribution in [0.4, 0.5) is 0 Å². The molecule has 0 aliphatic heterocycles. The smallest absolute Gasteiger partial charge is 0.131 e. The predicted molar refractivity (Wildman–Crippen MR) is 112 cm³/mol. The van der Waals surface area contributed by atoms with E-state index in [9.17, 15) is 5.11 Å². The topological polar surface area (TPSA) is 60.8 Å². The lowest BCUT2D eigenvalue weighted by molar-refractivity contribution is 0.0280. The Morgan fingerprint density at radius 1 is 0.964 bits per heavy atom. The van der Waals surface area contributed by atoms with Gasteiger partial charge in [-0.05, 0) is 68.5 Å². The number of rotatable bonds is 6. The van der Waals surface area contributed by atoms with E-state index in [-0.39, 0.29) is 6.61 Å². The normalized spacial score (nSPS) is 11.5. The summed E-state index contributed by atoms with van der Waals surface area (Å²) in [5.41, 5.74) is 3.00. The first-order chi connectivity index (χ1) is 13.2. The van der Waals surface area contributed by atoms with Crippen LogP contribution in [0, 0.1) is 13.8 Å². The van der Waals surface area contributed by atoms with E-state index in [2.05, 4.69) is 17.1 Å². The molecule has 0 saturated heterocycles. The molecule has 5 nitrogen and oxygen atoms in total. The van der Waals surface area contributed by atoms with Crippen LogP contribution in [0.3, 0.4) is 0 Å². The summed E-state index contributed by atoms with van der Waals surface area (Å²) in [6.07, 6.45) is 1.83. The second-order valence-corrected chi connectivity index (χ2v) is 7.66. The highest BCUT2D eigenvalue weighted by Crippen LogP contribution is 2.34. The van der Waals surface area contributed by atoms with Crippen molar-refractivity contribution in [3.05, 3.63) is 47.7 Å². The standard InChI is InChI=1S/C23H27NO4/c1-14-7-17(8-15(2)22(14)28-13-23(3,4)25)20-10-16-9-18(26-5)11-21(27-6)19(16)12-24-20/h7-12,25H,13H2,1-6H3. The first-order valence-corrected chi connectivity index (χ1v) is 9.20. The molecule has 0 atom stereocenters. The van der Waals surface area contributed by atoms with Gasteiger partial charge in [0.1, 0.15) is 23.9 Å². The maximum absolute atomic E-state index is 9.92. The van der Waals surface area contributed by atoms with Gasteiger partial charge in [0.2, 0.25) is 0 Å². The number of ether oxygens (including phenoxy) is 3. The van der Waals surface area contributed by atoms with Gasteiger partial charge in [0.15, 0.2) is 0 Å². The van der Waals surface area contributed by atoms with E-state index in [1.807, 2.05) is 38.2 Å². The van der Waals surface area contributed by atoms with Crippen molar-refractivity contribution in [2.24, 2.45) is 0 Å². The molecule has 0 radical (unpaired) electrons. The first-order valence-electron chi connectivity index (χ1n) is 9.20. The second kappa shape index (κ2) is 7.68. The third kappa shape index (κ3) is 4.20. The highest BCUT2D eigenvalue weighted by atomic mass is 16.5. The third-order valence-corrected chi connectivity index (χ3v) is 4.55. The fraction of sp³-hybridized carbons (Fsp3) is 0.348. The zero-order valence-corrected chi connectivity index (χ0v) is 17.3. The van der Waals surface area contributed by atoms with Crippen molar-refractivity contribution < 1.29 is 19.3 Å². The first kappa shape index (κ1) is 20.0. The molecule has 148 valence electrons. The van der Waals surface area contributed by atoms with Crippen molar-refractivity contribution in [1.29, 1.82) is 0 Å². The molecule has 1 aromatic heterocycles. The highest BCUT2D eigenvalue weighted by Gasteiger charge is 2.16. The lowest BCUT2D eigenvalue weighted by Gasteiger charge is -2.20. The molecule has 0 spiro atoms. The van der Waals surface area contributed by atoms with Crippen molar-refractivity contribution in [3.63, 3.8) is 0 Å². The number of fused-ring (bicyclic) bond motifs is 1. The molecular formula is C23H27NO4. The van der Waals surface area contributed by atoms with E-state index >= 15 is 0 Å². The van der Waals surface area contributed by atoms with Gasteiger partial charge in [-0.2, -0.15) is 0 Å². The number of aryl methyl sites for hydroxylation is 2. The zero-order valence-electron chi connectivity index (χ0n) is 17.3. The third-order valence-electron chi connectivity index (χ3n) is 4.55. The van der Waals surface area contributed by atoms with Gasteiger partial charge < -0.3 is 19.3 Å². The Hall–Kier alpha value is -2.79. The maximum Gasteiger partial charge on any atom is 0.131 e. The van der Waals surface area contributed by atoms with Gasteiger partial charge in [-0.1, -0.05) is 0 Å². The van der Waals surface area contributed by atoms with Gasteiger partial charge in [-0.15, -0.1) is 0 Å². The molecule has 3 rings (SSSR count). The van der Waals surface area contributed by atoms with Gasteiger partial charge in [-0.3, -0.25) is 4.98 Å². The van der Waals surface area contributed by atoms with Gasteiger partial charge in [0, 0.05) is 23.2 Å². The van der Waals surface area contributed by atoms with E-state index < -0.39 is 5.60 Å². The molecule has 1 N–H and O–H groups in total. The molecule has 0 aliphatic carbocycles. The Bertz CT molecular complexity index is 982. The molecule has 0 bridgehead atoms. The summed E-state index contributed by atoms with van der Waals surface area (Å²) >= 11 is 0. The summed E-state index contributed by atoms with van der Waals surface area (Å²) in [5.74, 6) is 2.27. The van der Waals surface area contributed by atoms with Crippen LogP contribution in [-0.4, -0.2) is 36.5 Å². The van der Waals surface area contributed by atoms with Gasteiger partial charge in [0.25, 0.3) is 0 Å². The number of hydrogen-bond donors (Lipinski definition) is 1. The quantitative estimate of drug-likeness (QED) is 0.671. The fourth-order valence-corrected chi connectivity index (χ4v) is 3.22. The minimum atomic E-state index is -0.879. The number of benzene rings is 2. The van der Waals surface area contributed by atoms with Gasteiger partial charge in [0.05, 0.1) is 25.5 Å². The van der Waals surface area contributed by atoms with Crippen LogP contribution in [0.1, 0.15) is 25.0 Å². The number of nitrogens with zero attached hydrogens (tertiary/aromatic N) is 1. The summed E-state index contributed by atoms with van der Waals surface area (Å²) in [4.78, 5) is 4.64. The number of aliphatic hydroxyl groups is 1. The monoisotopic (exact) mass is 381 g/mol. The fourth-order valence-electron chi connectivity index (χ4n) is 3.22. The Balaban J connectivity index is 2.02.